The lowest BCUT2D eigenvalue weighted by Gasteiger charge is -2.50. The Labute approximate surface area is 119 Å². The number of hydrogen-bond acceptors (Lipinski definition) is 3. The summed E-state index contributed by atoms with van der Waals surface area (Å²) in [7, 11) is 2.24. The van der Waals surface area contributed by atoms with E-state index in [9.17, 15) is 0 Å². The molecule has 3 heteroatoms. The highest BCUT2D eigenvalue weighted by molar-refractivity contribution is 4.98. The topological polar surface area (TPSA) is 32.5 Å². The van der Waals surface area contributed by atoms with E-state index in [0.717, 1.165) is 12.5 Å². The molecule has 2 aliphatic rings. The van der Waals surface area contributed by atoms with E-state index in [2.05, 4.69) is 30.7 Å². The second-order valence-electron chi connectivity index (χ2n) is 6.94. The van der Waals surface area contributed by atoms with Gasteiger partial charge in [0.15, 0.2) is 0 Å². The third kappa shape index (κ3) is 3.32. The molecule has 2 rings (SSSR count). The fraction of sp³-hybridized carbons (Fsp3) is 1.00. The first kappa shape index (κ1) is 15.3. The van der Waals surface area contributed by atoms with Gasteiger partial charge in [-0.15, -0.1) is 0 Å². The van der Waals surface area contributed by atoms with E-state index in [0.29, 0.717) is 11.6 Å². The van der Waals surface area contributed by atoms with Crippen LogP contribution >= 0.6 is 0 Å². The fourth-order valence-corrected chi connectivity index (χ4v) is 4.32. The van der Waals surface area contributed by atoms with Gasteiger partial charge in [-0.2, -0.15) is 0 Å². The monoisotopic (exact) mass is 267 g/mol. The smallest absolute Gasteiger partial charge is 0.0335 e. The summed E-state index contributed by atoms with van der Waals surface area (Å²) in [6.07, 6.45) is 8.14. The Morgan fingerprint density at radius 3 is 2.63 bits per heavy atom. The Hall–Kier alpha value is -0.120. The number of nitrogens with zero attached hydrogens (tertiary/aromatic N) is 2. The molecule has 2 N–H and O–H groups in total. The van der Waals surface area contributed by atoms with Crippen molar-refractivity contribution in [3.8, 4) is 0 Å². The van der Waals surface area contributed by atoms with Crippen LogP contribution in [-0.2, 0) is 0 Å². The molecule has 1 aliphatic carbocycles. The molecule has 3 atom stereocenters. The van der Waals surface area contributed by atoms with E-state index in [-0.39, 0.29) is 0 Å². The standard InChI is InChI=1S/C16H33N3/c1-4-15-6-5-8-16(13-17,9-7-15)19-11-10-18(3)12-14(19)2/h14-15H,4-13,17H2,1-3H3. The van der Waals surface area contributed by atoms with Crippen LogP contribution in [0.5, 0.6) is 0 Å². The second-order valence-corrected chi connectivity index (χ2v) is 6.94. The lowest BCUT2D eigenvalue weighted by atomic mass is 9.85. The average Bonchev–Trinajstić information content (AvgIpc) is 2.61. The van der Waals surface area contributed by atoms with Crippen molar-refractivity contribution in [2.75, 3.05) is 33.2 Å². The third-order valence-corrected chi connectivity index (χ3v) is 5.67. The normalized spacial score (nSPS) is 39.2. The van der Waals surface area contributed by atoms with Gasteiger partial charge in [0.1, 0.15) is 0 Å². The first-order valence-electron chi connectivity index (χ1n) is 8.26. The van der Waals surface area contributed by atoms with Crippen LogP contribution in [0, 0.1) is 5.92 Å². The van der Waals surface area contributed by atoms with Crippen LogP contribution < -0.4 is 5.73 Å². The Morgan fingerprint density at radius 1 is 1.21 bits per heavy atom. The van der Waals surface area contributed by atoms with Gasteiger partial charge in [0.25, 0.3) is 0 Å². The van der Waals surface area contributed by atoms with Gasteiger partial charge < -0.3 is 10.6 Å². The molecule has 0 aromatic heterocycles. The molecule has 0 aromatic carbocycles. The molecule has 1 aliphatic heterocycles. The van der Waals surface area contributed by atoms with Gasteiger partial charge in [0.2, 0.25) is 0 Å². The number of likely N-dealkylation sites (N-methyl/N-ethyl adjacent to an activating group) is 1. The Kier molecular flexibility index (Phi) is 5.27. The van der Waals surface area contributed by atoms with Crippen molar-refractivity contribution >= 4 is 0 Å². The van der Waals surface area contributed by atoms with E-state index >= 15 is 0 Å². The zero-order chi connectivity index (χ0) is 13.9. The van der Waals surface area contributed by atoms with E-state index in [1.54, 1.807) is 0 Å². The lowest BCUT2D eigenvalue weighted by molar-refractivity contribution is -0.00624. The zero-order valence-electron chi connectivity index (χ0n) is 13.2. The van der Waals surface area contributed by atoms with Crippen LogP contribution in [0.3, 0.4) is 0 Å². The van der Waals surface area contributed by atoms with Crippen LogP contribution in [0.1, 0.15) is 52.4 Å². The van der Waals surface area contributed by atoms with Crippen molar-refractivity contribution in [3.63, 3.8) is 0 Å². The van der Waals surface area contributed by atoms with Crippen molar-refractivity contribution < 1.29 is 0 Å². The summed E-state index contributed by atoms with van der Waals surface area (Å²) in [5, 5.41) is 0. The van der Waals surface area contributed by atoms with Crippen molar-refractivity contribution in [2.45, 2.75) is 64.0 Å². The predicted molar refractivity (Wildman–Crippen MR) is 82.3 cm³/mol. The SMILES string of the molecule is CCC1CCCC(CN)(N2CCN(C)CC2C)CC1. The summed E-state index contributed by atoms with van der Waals surface area (Å²) in [5.74, 6) is 0.941. The molecule has 0 aromatic rings. The molecule has 19 heavy (non-hydrogen) atoms. The van der Waals surface area contributed by atoms with E-state index in [1.807, 2.05) is 0 Å². The Morgan fingerprint density at radius 2 is 2.00 bits per heavy atom. The van der Waals surface area contributed by atoms with Gasteiger partial charge in [-0.3, -0.25) is 4.90 Å². The molecule has 1 heterocycles. The number of piperazine rings is 1. The van der Waals surface area contributed by atoms with Crippen LogP contribution in [0.4, 0.5) is 0 Å². The minimum atomic E-state index is 0.296. The maximum absolute atomic E-state index is 6.27. The Balaban J connectivity index is 2.08. The molecule has 0 spiro atoms. The summed E-state index contributed by atoms with van der Waals surface area (Å²) in [5.41, 5.74) is 6.56. The maximum atomic E-state index is 6.27. The number of nitrogens with two attached hydrogens (primary N) is 1. The molecule has 112 valence electrons. The van der Waals surface area contributed by atoms with Gasteiger partial charge in [0, 0.05) is 37.8 Å². The Bertz CT molecular complexity index is 281. The molecule has 0 radical (unpaired) electrons. The second kappa shape index (κ2) is 6.55. The lowest BCUT2D eigenvalue weighted by Crippen LogP contribution is -2.63. The van der Waals surface area contributed by atoms with Crippen LogP contribution in [0.2, 0.25) is 0 Å². The molecule has 2 fully saturated rings. The summed E-state index contributed by atoms with van der Waals surface area (Å²) in [4.78, 5) is 5.21. The highest BCUT2D eigenvalue weighted by Gasteiger charge is 2.40. The molecule has 1 saturated heterocycles. The van der Waals surface area contributed by atoms with Gasteiger partial charge >= 0.3 is 0 Å². The van der Waals surface area contributed by atoms with Gasteiger partial charge in [-0.05, 0) is 39.2 Å². The fourth-order valence-electron chi connectivity index (χ4n) is 4.32. The molecule has 0 bridgehead atoms. The molecule has 3 unspecified atom stereocenters. The van der Waals surface area contributed by atoms with E-state index < -0.39 is 0 Å². The molecule has 1 saturated carbocycles. The van der Waals surface area contributed by atoms with Gasteiger partial charge in [-0.1, -0.05) is 26.2 Å². The van der Waals surface area contributed by atoms with Crippen LogP contribution in [-0.4, -0.2) is 54.6 Å². The van der Waals surface area contributed by atoms with Crippen LogP contribution in [0.15, 0.2) is 0 Å². The zero-order valence-corrected chi connectivity index (χ0v) is 13.2. The molecule has 0 amide bonds. The highest BCUT2D eigenvalue weighted by Crippen LogP contribution is 2.37. The summed E-state index contributed by atoms with van der Waals surface area (Å²) in [6, 6.07) is 0.653. The predicted octanol–water partition coefficient (Wildman–Crippen LogP) is 2.31. The quantitative estimate of drug-likeness (QED) is 0.797. The highest BCUT2D eigenvalue weighted by atomic mass is 15.3. The van der Waals surface area contributed by atoms with Gasteiger partial charge in [-0.25, -0.2) is 0 Å². The first-order chi connectivity index (χ1) is 9.11. The average molecular weight is 267 g/mol. The molecular formula is C16H33N3. The largest absolute Gasteiger partial charge is 0.329 e. The minimum Gasteiger partial charge on any atom is -0.329 e. The minimum absolute atomic E-state index is 0.296. The summed E-state index contributed by atoms with van der Waals surface area (Å²) in [6.45, 7) is 9.17. The van der Waals surface area contributed by atoms with Crippen LogP contribution in [0.25, 0.3) is 0 Å². The molecular weight excluding hydrogens is 234 g/mol. The third-order valence-electron chi connectivity index (χ3n) is 5.67. The van der Waals surface area contributed by atoms with Crippen molar-refractivity contribution in [1.82, 2.24) is 9.80 Å². The first-order valence-corrected chi connectivity index (χ1v) is 8.26. The summed E-state index contributed by atoms with van der Waals surface area (Å²) < 4.78 is 0. The number of hydrogen-bond donors (Lipinski definition) is 1. The van der Waals surface area contributed by atoms with Crippen molar-refractivity contribution in [1.29, 1.82) is 0 Å². The summed E-state index contributed by atoms with van der Waals surface area (Å²) >= 11 is 0. The molecule has 3 nitrogen and oxygen atoms in total. The van der Waals surface area contributed by atoms with Crippen molar-refractivity contribution in [3.05, 3.63) is 0 Å². The maximum Gasteiger partial charge on any atom is 0.0335 e. The van der Waals surface area contributed by atoms with Crippen molar-refractivity contribution in [2.24, 2.45) is 11.7 Å². The van der Waals surface area contributed by atoms with E-state index in [4.69, 9.17) is 5.73 Å². The van der Waals surface area contributed by atoms with E-state index in [1.165, 1.54) is 58.2 Å². The number of rotatable bonds is 3. The van der Waals surface area contributed by atoms with Gasteiger partial charge in [0.05, 0.1) is 0 Å².